The van der Waals surface area contributed by atoms with E-state index in [1.807, 2.05) is 0 Å². The van der Waals surface area contributed by atoms with Gasteiger partial charge in [-0.25, -0.2) is 8.78 Å². The molecule has 1 atom stereocenters. The average molecular weight is 339 g/mol. The van der Waals surface area contributed by atoms with Crippen molar-refractivity contribution in [3.8, 4) is 0 Å². The number of amides is 1. The normalized spacial score (nSPS) is 29.1. The van der Waals surface area contributed by atoms with Gasteiger partial charge in [-0.1, -0.05) is 6.07 Å². The van der Waals surface area contributed by atoms with Crippen molar-refractivity contribution in [3.63, 3.8) is 0 Å². The molecule has 1 aliphatic carbocycles. The van der Waals surface area contributed by atoms with E-state index < -0.39 is 35.0 Å². The number of hydrogen-bond acceptors (Lipinski definition) is 3. The fraction of sp³-hybridized carbons (Fsp3) is 0.529. The average Bonchev–Trinajstić information content (AvgIpc) is 2.48. The van der Waals surface area contributed by atoms with Crippen LogP contribution >= 0.6 is 0 Å². The standard InChI is InChI=1S/C17H19F2NO4/c18-13-2-1-3-14(19)12(13)6-15(21)20-11-4-5-24-17(9-11)7-10(8-17)16(22)23/h1-3,10-11H,4-9H2,(H,20,21)(H,22,23). The van der Waals surface area contributed by atoms with Gasteiger partial charge in [-0.15, -0.1) is 0 Å². The van der Waals surface area contributed by atoms with Crippen LogP contribution in [-0.4, -0.2) is 35.2 Å². The van der Waals surface area contributed by atoms with Gasteiger partial charge < -0.3 is 15.2 Å². The predicted molar refractivity (Wildman–Crippen MR) is 80.3 cm³/mol. The Balaban J connectivity index is 1.56. The SMILES string of the molecule is O=C(Cc1c(F)cccc1F)NC1CCOC2(C1)CC(C(=O)O)C2. The first-order chi connectivity index (χ1) is 11.4. The molecule has 1 spiro atoms. The molecule has 1 saturated carbocycles. The van der Waals surface area contributed by atoms with Crippen LogP contribution in [0, 0.1) is 17.6 Å². The van der Waals surface area contributed by atoms with E-state index in [0.717, 1.165) is 12.1 Å². The number of ether oxygens (including phenoxy) is 1. The maximum atomic E-state index is 13.6. The first kappa shape index (κ1) is 16.8. The van der Waals surface area contributed by atoms with E-state index in [1.165, 1.54) is 6.07 Å². The van der Waals surface area contributed by atoms with Crippen LogP contribution in [0.15, 0.2) is 18.2 Å². The number of halogens is 2. The summed E-state index contributed by atoms with van der Waals surface area (Å²) in [4.78, 5) is 23.0. The van der Waals surface area contributed by atoms with Crippen molar-refractivity contribution in [1.82, 2.24) is 5.32 Å². The van der Waals surface area contributed by atoms with Crippen LogP contribution in [-0.2, 0) is 20.7 Å². The van der Waals surface area contributed by atoms with E-state index in [4.69, 9.17) is 9.84 Å². The van der Waals surface area contributed by atoms with Gasteiger partial charge in [-0.3, -0.25) is 9.59 Å². The summed E-state index contributed by atoms with van der Waals surface area (Å²) in [5.74, 6) is -3.15. The van der Waals surface area contributed by atoms with Gasteiger partial charge in [0.2, 0.25) is 5.91 Å². The van der Waals surface area contributed by atoms with E-state index in [2.05, 4.69) is 5.32 Å². The zero-order chi connectivity index (χ0) is 17.3. The second-order valence-corrected chi connectivity index (χ2v) is 6.61. The fourth-order valence-electron chi connectivity index (χ4n) is 3.59. The van der Waals surface area contributed by atoms with Crippen molar-refractivity contribution in [2.75, 3.05) is 6.61 Å². The molecule has 1 aromatic carbocycles. The molecule has 1 unspecified atom stereocenters. The molecule has 0 aromatic heterocycles. The molecule has 2 N–H and O–H groups in total. The van der Waals surface area contributed by atoms with Crippen molar-refractivity contribution in [1.29, 1.82) is 0 Å². The molecule has 5 nitrogen and oxygen atoms in total. The highest BCUT2D eigenvalue weighted by atomic mass is 19.1. The monoisotopic (exact) mass is 339 g/mol. The molecular formula is C17H19F2NO4. The number of benzene rings is 1. The number of carboxylic acid groups (broad SMARTS) is 1. The highest BCUT2D eigenvalue weighted by molar-refractivity contribution is 5.79. The molecule has 1 aliphatic heterocycles. The minimum absolute atomic E-state index is 0.171. The van der Waals surface area contributed by atoms with Crippen LogP contribution in [0.5, 0.6) is 0 Å². The van der Waals surface area contributed by atoms with Crippen LogP contribution in [0.1, 0.15) is 31.2 Å². The van der Waals surface area contributed by atoms with Crippen LogP contribution in [0.4, 0.5) is 8.78 Å². The molecular weight excluding hydrogens is 320 g/mol. The van der Waals surface area contributed by atoms with Gasteiger partial charge in [-0.05, 0) is 37.8 Å². The number of rotatable bonds is 4. The Bertz CT molecular complexity index is 638. The smallest absolute Gasteiger partial charge is 0.306 e. The number of nitrogens with one attached hydrogen (secondary N) is 1. The molecule has 1 aromatic rings. The van der Waals surface area contributed by atoms with Crippen molar-refractivity contribution in [2.45, 2.75) is 43.7 Å². The Morgan fingerprint density at radius 2 is 1.92 bits per heavy atom. The summed E-state index contributed by atoms with van der Waals surface area (Å²) < 4.78 is 32.9. The largest absolute Gasteiger partial charge is 0.481 e. The molecule has 1 saturated heterocycles. The Labute approximate surface area is 138 Å². The van der Waals surface area contributed by atoms with Gasteiger partial charge in [0.25, 0.3) is 0 Å². The molecule has 7 heteroatoms. The van der Waals surface area contributed by atoms with Crippen molar-refractivity contribution >= 4 is 11.9 Å². The zero-order valence-corrected chi connectivity index (χ0v) is 13.1. The maximum absolute atomic E-state index is 13.6. The van der Waals surface area contributed by atoms with Crippen LogP contribution in [0.25, 0.3) is 0 Å². The lowest BCUT2D eigenvalue weighted by Crippen LogP contribution is -2.56. The number of carboxylic acids is 1. The van der Waals surface area contributed by atoms with E-state index in [9.17, 15) is 18.4 Å². The molecule has 130 valence electrons. The molecule has 0 radical (unpaired) electrons. The predicted octanol–water partition coefficient (Wildman–Crippen LogP) is 2.04. The Morgan fingerprint density at radius 1 is 1.25 bits per heavy atom. The van der Waals surface area contributed by atoms with Gasteiger partial charge >= 0.3 is 5.97 Å². The lowest BCUT2D eigenvalue weighted by atomic mass is 9.66. The maximum Gasteiger partial charge on any atom is 0.306 e. The lowest BCUT2D eigenvalue weighted by molar-refractivity contribution is -0.182. The molecule has 3 rings (SSSR count). The summed E-state index contributed by atoms with van der Waals surface area (Å²) >= 11 is 0. The summed E-state index contributed by atoms with van der Waals surface area (Å²) in [7, 11) is 0. The summed E-state index contributed by atoms with van der Waals surface area (Å²) in [6.45, 7) is 0.436. The number of carbonyl (C=O) groups excluding carboxylic acids is 1. The van der Waals surface area contributed by atoms with Crippen molar-refractivity contribution in [2.24, 2.45) is 5.92 Å². The third kappa shape index (κ3) is 3.40. The van der Waals surface area contributed by atoms with Crippen LogP contribution in [0.3, 0.4) is 0 Å². The van der Waals surface area contributed by atoms with Crippen molar-refractivity contribution in [3.05, 3.63) is 35.4 Å². The van der Waals surface area contributed by atoms with E-state index in [0.29, 0.717) is 32.3 Å². The first-order valence-corrected chi connectivity index (χ1v) is 7.97. The number of carbonyl (C=O) groups is 2. The molecule has 2 fully saturated rings. The summed E-state index contributed by atoms with van der Waals surface area (Å²) in [5, 5.41) is 11.8. The van der Waals surface area contributed by atoms with Crippen LogP contribution in [0.2, 0.25) is 0 Å². The van der Waals surface area contributed by atoms with Gasteiger partial charge in [0.05, 0.1) is 17.9 Å². The number of aliphatic carboxylic acids is 1. The highest BCUT2D eigenvalue weighted by Crippen LogP contribution is 2.46. The van der Waals surface area contributed by atoms with Gasteiger partial charge in [0.1, 0.15) is 11.6 Å². The highest BCUT2D eigenvalue weighted by Gasteiger charge is 2.51. The third-order valence-corrected chi connectivity index (χ3v) is 4.84. The summed E-state index contributed by atoms with van der Waals surface area (Å²) in [5.41, 5.74) is -0.728. The van der Waals surface area contributed by atoms with Crippen LogP contribution < -0.4 is 5.32 Å². The van der Waals surface area contributed by atoms with Gasteiger partial charge in [0.15, 0.2) is 0 Å². The minimum atomic E-state index is -0.828. The van der Waals surface area contributed by atoms with Gasteiger partial charge in [-0.2, -0.15) is 0 Å². The third-order valence-electron chi connectivity index (χ3n) is 4.84. The van der Waals surface area contributed by atoms with E-state index >= 15 is 0 Å². The molecule has 1 amide bonds. The van der Waals surface area contributed by atoms with Gasteiger partial charge in [0, 0.05) is 18.2 Å². The fourth-order valence-corrected chi connectivity index (χ4v) is 3.59. The minimum Gasteiger partial charge on any atom is -0.481 e. The topological polar surface area (TPSA) is 75.6 Å². The Morgan fingerprint density at radius 3 is 2.54 bits per heavy atom. The second-order valence-electron chi connectivity index (χ2n) is 6.61. The summed E-state index contributed by atoms with van der Waals surface area (Å²) in [6.07, 6.45) is 1.65. The summed E-state index contributed by atoms with van der Waals surface area (Å²) in [6, 6.07) is 3.32. The molecule has 1 heterocycles. The first-order valence-electron chi connectivity index (χ1n) is 7.97. The Hall–Kier alpha value is -2.02. The van der Waals surface area contributed by atoms with E-state index in [1.54, 1.807) is 0 Å². The molecule has 2 aliphatic rings. The second kappa shape index (κ2) is 6.47. The lowest BCUT2D eigenvalue weighted by Gasteiger charge is -2.50. The zero-order valence-electron chi connectivity index (χ0n) is 13.1. The Kier molecular flexibility index (Phi) is 4.54. The van der Waals surface area contributed by atoms with E-state index in [-0.39, 0.29) is 18.0 Å². The molecule has 24 heavy (non-hydrogen) atoms. The number of hydrogen-bond donors (Lipinski definition) is 2. The van der Waals surface area contributed by atoms with Crippen molar-refractivity contribution < 1.29 is 28.2 Å². The quantitative estimate of drug-likeness (QED) is 0.880. The molecule has 0 bridgehead atoms.